The molecular weight excluding hydrogens is 382 g/mol. The van der Waals surface area contributed by atoms with Gasteiger partial charge in [-0.1, -0.05) is 24.8 Å². The first-order valence-corrected chi connectivity index (χ1v) is 10.8. The van der Waals surface area contributed by atoms with Crippen LogP contribution in [0.25, 0.3) is 0 Å². The Labute approximate surface area is 166 Å². The van der Waals surface area contributed by atoms with E-state index in [2.05, 4.69) is 22.2 Å². The van der Waals surface area contributed by atoms with Crippen molar-refractivity contribution in [3.8, 4) is 0 Å². The lowest BCUT2D eigenvalue weighted by Gasteiger charge is -2.28. The Morgan fingerprint density at radius 3 is 2.85 bits per heavy atom. The largest absolute Gasteiger partial charge is 0.460 e. The van der Waals surface area contributed by atoms with Crippen LogP contribution in [0.3, 0.4) is 0 Å². The van der Waals surface area contributed by atoms with Crippen LogP contribution in [0.4, 0.5) is 5.82 Å². The average molecular weight is 406 g/mol. The molecule has 1 aliphatic rings. The number of nitrogens with zero attached hydrogens (tertiary/aromatic N) is 1. The number of aromatic amines is 1. The predicted molar refractivity (Wildman–Crippen MR) is 110 cm³/mol. The van der Waals surface area contributed by atoms with Crippen molar-refractivity contribution in [1.29, 1.82) is 0 Å². The van der Waals surface area contributed by atoms with Crippen molar-refractivity contribution in [3.63, 3.8) is 0 Å². The van der Waals surface area contributed by atoms with Gasteiger partial charge < -0.3 is 15.0 Å². The van der Waals surface area contributed by atoms with Gasteiger partial charge in [-0.15, -0.1) is 11.3 Å². The standard InChI is InChI=1S/C19H23N3O3S2/c1-5-8-27-19-21-16-15(17(23)22-19)14(12-7-6-9-26-12)13(11(4)20-16)18(24)25-10(2)3/h6-7,9-10,14H,5,8H2,1-4H3,(H2,20,21,22,23). The minimum absolute atomic E-state index is 0.230. The van der Waals surface area contributed by atoms with Crippen molar-refractivity contribution >= 4 is 34.9 Å². The fourth-order valence-corrected chi connectivity index (χ4v) is 4.55. The van der Waals surface area contributed by atoms with Gasteiger partial charge in [-0.2, -0.15) is 0 Å². The molecule has 1 unspecified atom stereocenters. The number of allylic oxidation sites excluding steroid dienone is 1. The fraction of sp³-hybridized carbons (Fsp3) is 0.421. The Hall–Kier alpha value is -2.06. The Balaban J connectivity index is 2.13. The fourth-order valence-electron chi connectivity index (χ4n) is 2.99. The zero-order valence-electron chi connectivity index (χ0n) is 15.8. The third kappa shape index (κ3) is 4.11. The lowest BCUT2D eigenvalue weighted by Crippen LogP contribution is -2.31. The summed E-state index contributed by atoms with van der Waals surface area (Å²) in [6, 6.07) is 3.84. The normalized spacial score (nSPS) is 16.3. The molecule has 3 rings (SSSR count). The Kier molecular flexibility index (Phi) is 6.06. The number of aromatic nitrogens is 2. The maximum atomic E-state index is 12.9. The zero-order chi connectivity index (χ0) is 19.6. The molecule has 2 aromatic heterocycles. The van der Waals surface area contributed by atoms with Gasteiger partial charge in [-0.3, -0.25) is 4.79 Å². The van der Waals surface area contributed by atoms with Gasteiger partial charge in [-0.05, 0) is 38.6 Å². The van der Waals surface area contributed by atoms with Crippen LogP contribution in [0.5, 0.6) is 0 Å². The number of ether oxygens (including phenoxy) is 1. The first-order valence-electron chi connectivity index (χ1n) is 8.91. The smallest absolute Gasteiger partial charge is 0.337 e. The summed E-state index contributed by atoms with van der Waals surface area (Å²) in [6.07, 6.45) is 0.744. The maximum absolute atomic E-state index is 12.9. The number of anilines is 1. The molecule has 3 heterocycles. The Bertz CT molecular complexity index is 917. The molecule has 0 amide bonds. The highest BCUT2D eigenvalue weighted by Crippen LogP contribution is 2.41. The second-order valence-corrected chi connectivity index (χ2v) is 8.61. The van der Waals surface area contributed by atoms with E-state index >= 15 is 0 Å². The highest BCUT2D eigenvalue weighted by atomic mass is 32.2. The van der Waals surface area contributed by atoms with Gasteiger partial charge in [0.15, 0.2) is 5.16 Å². The topological polar surface area (TPSA) is 84.1 Å². The van der Waals surface area contributed by atoms with Gasteiger partial charge in [0.25, 0.3) is 5.56 Å². The van der Waals surface area contributed by atoms with Crippen LogP contribution < -0.4 is 10.9 Å². The van der Waals surface area contributed by atoms with E-state index in [1.54, 1.807) is 0 Å². The lowest BCUT2D eigenvalue weighted by atomic mass is 9.86. The van der Waals surface area contributed by atoms with E-state index in [0.717, 1.165) is 17.1 Å². The molecule has 0 radical (unpaired) electrons. The van der Waals surface area contributed by atoms with Crippen molar-refractivity contribution in [1.82, 2.24) is 9.97 Å². The number of fused-ring (bicyclic) bond motifs is 1. The van der Waals surface area contributed by atoms with E-state index in [0.29, 0.717) is 27.8 Å². The first kappa shape index (κ1) is 19.7. The van der Waals surface area contributed by atoms with E-state index in [4.69, 9.17) is 4.74 Å². The molecule has 0 saturated carbocycles. The molecule has 1 atom stereocenters. The number of rotatable bonds is 6. The van der Waals surface area contributed by atoms with E-state index in [9.17, 15) is 9.59 Å². The lowest BCUT2D eigenvalue weighted by molar-refractivity contribution is -0.142. The molecule has 1 aliphatic heterocycles. The third-order valence-corrected chi connectivity index (χ3v) is 6.07. The second kappa shape index (κ2) is 8.31. The molecule has 0 fully saturated rings. The molecule has 2 N–H and O–H groups in total. The molecule has 6 nitrogen and oxygen atoms in total. The third-order valence-electron chi connectivity index (χ3n) is 4.05. The second-order valence-electron chi connectivity index (χ2n) is 6.55. The molecule has 0 spiro atoms. The number of nitrogens with one attached hydrogen (secondary N) is 2. The van der Waals surface area contributed by atoms with Crippen molar-refractivity contribution in [2.45, 2.75) is 51.3 Å². The van der Waals surface area contributed by atoms with Crippen LogP contribution >= 0.6 is 23.1 Å². The van der Waals surface area contributed by atoms with E-state index in [-0.39, 0.29) is 11.7 Å². The molecule has 144 valence electrons. The summed E-state index contributed by atoms with van der Waals surface area (Å²) in [6.45, 7) is 7.52. The van der Waals surface area contributed by atoms with Gasteiger partial charge in [0.05, 0.1) is 23.2 Å². The summed E-state index contributed by atoms with van der Waals surface area (Å²) in [4.78, 5) is 34.1. The van der Waals surface area contributed by atoms with Crippen LogP contribution in [0.1, 0.15) is 50.5 Å². The quantitative estimate of drug-likeness (QED) is 0.427. The van der Waals surface area contributed by atoms with Gasteiger partial charge >= 0.3 is 5.97 Å². The molecule has 2 aromatic rings. The Morgan fingerprint density at radius 1 is 1.44 bits per heavy atom. The summed E-state index contributed by atoms with van der Waals surface area (Å²) in [5.74, 6) is 0.475. The van der Waals surface area contributed by atoms with Crippen LogP contribution in [0, 0.1) is 0 Å². The van der Waals surface area contributed by atoms with Crippen molar-refractivity contribution in [2.24, 2.45) is 0 Å². The van der Waals surface area contributed by atoms with E-state index in [1.807, 2.05) is 38.3 Å². The number of thioether (sulfide) groups is 1. The summed E-state index contributed by atoms with van der Waals surface area (Å²) in [7, 11) is 0. The number of hydrogen-bond acceptors (Lipinski definition) is 7. The van der Waals surface area contributed by atoms with E-state index in [1.165, 1.54) is 23.1 Å². The molecular formula is C19H23N3O3S2. The highest BCUT2D eigenvalue weighted by molar-refractivity contribution is 7.99. The summed E-state index contributed by atoms with van der Waals surface area (Å²) < 4.78 is 5.45. The van der Waals surface area contributed by atoms with Crippen LogP contribution in [-0.2, 0) is 9.53 Å². The number of hydrogen-bond donors (Lipinski definition) is 2. The Morgan fingerprint density at radius 2 is 2.22 bits per heavy atom. The van der Waals surface area contributed by atoms with Gasteiger partial charge in [-0.25, -0.2) is 9.78 Å². The highest BCUT2D eigenvalue weighted by Gasteiger charge is 2.37. The molecule has 27 heavy (non-hydrogen) atoms. The molecule has 8 heteroatoms. The zero-order valence-corrected chi connectivity index (χ0v) is 17.4. The SMILES string of the molecule is CCCSc1nc2c(c(=O)[nH]1)C(c1cccs1)C(C(=O)OC(C)C)=C(C)N2. The maximum Gasteiger partial charge on any atom is 0.337 e. The molecule has 0 saturated heterocycles. The average Bonchev–Trinajstić information content (AvgIpc) is 3.12. The summed E-state index contributed by atoms with van der Waals surface area (Å²) in [5.41, 5.74) is 1.35. The minimum Gasteiger partial charge on any atom is -0.460 e. The van der Waals surface area contributed by atoms with Crippen LogP contribution in [-0.4, -0.2) is 27.8 Å². The number of thiophene rings is 1. The van der Waals surface area contributed by atoms with Crippen molar-refractivity contribution < 1.29 is 9.53 Å². The van der Waals surface area contributed by atoms with Crippen LogP contribution in [0.15, 0.2) is 38.7 Å². The van der Waals surface area contributed by atoms with E-state index < -0.39 is 11.9 Å². The number of H-pyrrole nitrogens is 1. The first-order chi connectivity index (χ1) is 12.9. The molecule has 0 aliphatic carbocycles. The van der Waals surface area contributed by atoms with Gasteiger partial charge in [0.1, 0.15) is 5.82 Å². The number of carbonyl (C=O) groups is 1. The molecule has 0 aromatic carbocycles. The monoisotopic (exact) mass is 405 g/mol. The molecule has 0 bridgehead atoms. The van der Waals surface area contributed by atoms with Crippen molar-refractivity contribution in [2.75, 3.05) is 11.1 Å². The number of esters is 1. The van der Waals surface area contributed by atoms with Gasteiger partial charge in [0.2, 0.25) is 0 Å². The van der Waals surface area contributed by atoms with Crippen molar-refractivity contribution in [3.05, 3.63) is 49.6 Å². The van der Waals surface area contributed by atoms with Crippen LogP contribution in [0.2, 0.25) is 0 Å². The van der Waals surface area contributed by atoms with Gasteiger partial charge in [0, 0.05) is 16.3 Å². The number of carbonyl (C=O) groups excluding carboxylic acids is 1. The predicted octanol–water partition coefficient (Wildman–Crippen LogP) is 4.12. The summed E-state index contributed by atoms with van der Waals surface area (Å²) in [5, 5.41) is 5.67. The summed E-state index contributed by atoms with van der Waals surface area (Å²) >= 11 is 3.02. The minimum atomic E-state index is -0.492.